The van der Waals surface area contributed by atoms with Gasteiger partial charge in [-0.3, -0.25) is 0 Å². The molecule has 1 aliphatic heterocycles. The Hall–Kier alpha value is -1.74. The normalized spacial score (nSPS) is 15.5. The Balaban J connectivity index is 1.40. The number of nitrogens with zero attached hydrogens (tertiary/aromatic N) is 3. The minimum absolute atomic E-state index is 0.337. The van der Waals surface area contributed by atoms with Crippen LogP contribution in [-0.4, -0.2) is 43.9 Å². The van der Waals surface area contributed by atoms with E-state index >= 15 is 0 Å². The van der Waals surface area contributed by atoms with Crippen LogP contribution >= 0.6 is 27.3 Å². The minimum Gasteiger partial charge on any atom is -0.345 e. The summed E-state index contributed by atoms with van der Waals surface area (Å²) in [5, 5.41) is 3.07. The molecular weight excluding hydrogens is 482 g/mol. The molecule has 0 N–H and O–H groups in total. The summed E-state index contributed by atoms with van der Waals surface area (Å²) in [5.41, 5.74) is 4.92. The predicted octanol–water partition coefficient (Wildman–Crippen LogP) is 4.62. The highest BCUT2D eigenvalue weighted by Crippen LogP contribution is 2.26. The summed E-state index contributed by atoms with van der Waals surface area (Å²) >= 11 is 4.98. The van der Waals surface area contributed by atoms with E-state index < -0.39 is 10.0 Å². The van der Waals surface area contributed by atoms with Crippen LogP contribution in [0.15, 0.2) is 57.2 Å². The lowest BCUT2D eigenvalue weighted by atomic mass is 10.0. The summed E-state index contributed by atoms with van der Waals surface area (Å²) in [6.45, 7) is 6.47. The molecule has 2 heterocycles. The van der Waals surface area contributed by atoms with Gasteiger partial charge in [-0.15, -0.1) is 11.3 Å². The average molecular weight is 506 g/mol. The summed E-state index contributed by atoms with van der Waals surface area (Å²) < 4.78 is 28.2. The SMILES string of the molecule is Cc1ccc(Cc2csc(N3CCN(S(=O)(=O)c4ccc(Br)cc4)CC3)n2)cc1C. The maximum Gasteiger partial charge on any atom is 0.243 e. The molecule has 158 valence electrons. The van der Waals surface area contributed by atoms with Crippen LogP contribution in [0, 0.1) is 13.8 Å². The Morgan fingerprint density at radius 1 is 1.00 bits per heavy atom. The number of piperazine rings is 1. The van der Waals surface area contributed by atoms with E-state index in [0.717, 1.165) is 21.7 Å². The molecule has 4 rings (SSSR count). The summed E-state index contributed by atoms with van der Waals surface area (Å²) in [5.74, 6) is 0. The van der Waals surface area contributed by atoms with Gasteiger partial charge in [-0.05, 0) is 54.8 Å². The first-order chi connectivity index (χ1) is 14.3. The van der Waals surface area contributed by atoms with Crippen molar-refractivity contribution < 1.29 is 8.42 Å². The molecule has 1 saturated heterocycles. The molecule has 1 aliphatic rings. The van der Waals surface area contributed by atoms with Crippen molar-refractivity contribution >= 4 is 42.4 Å². The lowest BCUT2D eigenvalue weighted by molar-refractivity contribution is 0.384. The highest BCUT2D eigenvalue weighted by atomic mass is 79.9. The first-order valence-electron chi connectivity index (χ1n) is 9.84. The second kappa shape index (κ2) is 8.78. The van der Waals surface area contributed by atoms with Crippen molar-refractivity contribution in [2.75, 3.05) is 31.1 Å². The highest BCUT2D eigenvalue weighted by Gasteiger charge is 2.29. The molecule has 0 aliphatic carbocycles. The summed E-state index contributed by atoms with van der Waals surface area (Å²) in [4.78, 5) is 7.33. The molecule has 0 spiro atoms. The number of hydrogen-bond donors (Lipinski definition) is 0. The van der Waals surface area contributed by atoms with E-state index in [2.05, 4.69) is 58.3 Å². The van der Waals surface area contributed by atoms with Crippen LogP contribution in [0.3, 0.4) is 0 Å². The Kier molecular flexibility index (Phi) is 6.29. The zero-order chi connectivity index (χ0) is 21.3. The zero-order valence-corrected chi connectivity index (χ0v) is 20.2. The molecule has 8 heteroatoms. The van der Waals surface area contributed by atoms with Gasteiger partial charge in [0.15, 0.2) is 5.13 Å². The van der Waals surface area contributed by atoms with Gasteiger partial charge in [0.2, 0.25) is 10.0 Å². The number of benzene rings is 2. The number of rotatable bonds is 5. The fourth-order valence-electron chi connectivity index (χ4n) is 3.52. The molecule has 3 aromatic rings. The van der Waals surface area contributed by atoms with Gasteiger partial charge in [-0.25, -0.2) is 13.4 Å². The summed E-state index contributed by atoms with van der Waals surface area (Å²) in [6.07, 6.45) is 0.815. The highest BCUT2D eigenvalue weighted by molar-refractivity contribution is 9.10. The average Bonchev–Trinajstić information content (AvgIpc) is 3.20. The van der Waals surface area contributed by atoms with E-state index in [0.29, 0.717) is 31.1 Å². The van der Waals surface area contributed by atoms with Gasteiger partial charge in [-0.2, -0.15) is 4.31 Å². The molecule has 5 nitrogen and oxygen atoms in total. The Labute approximate surface area is 190 Å². The molecule has 0 radical (unpaired) electrons. The van der Waals surface area contributed by atoms with Crippen molar-refractivity contribution in [3.8, 4) is 0 Å². The third kappa shape index (κ3) is 4.61. The van der Waals surface area contributed by atoms with E-state index in [9.17, 15) is 8.42 Å². The van der Waals surface area contributed by atoms with Crippen molar-refractivity contribution in [3.63, 3.8) is 0 Å². The molecule has 1 aromatic heterocycles. The number of aromatic nitrogens is 1. The van der Waals surface area contributed by atoms with Gasteiger partial charge in [-0.1, -0.05) is 34.1 Å². The molecule has 0 amide bonds. The van der Waals surface area contributed by atoms with E-state index in [-0.39, 0.29) is 0 Å². The summed E-state index contributed by atoms with van der Waals surface area (Å²) in [7, 11) is -3.46. The standard InChI is InChI=1S/C22H24BrN3O2S2/c1-16-3-4-18(13-17(16)2)14-20-15-29-22(24-20)25-9-11-26(12-10-25)30(27,28)21-7-5-19(23)6-8-21/h3-8,13,15H,9-12,14H2,1-2H3. The number of anilines is 1. The van der Waals surface area contributed by atoms with Crippen LogP contribution in [0.1, 0.15) is 22.4 Å². The smallest absolute Gasteiger partial charge is 0.243 e. The van der Waals surface area contributed by atoms with Gasteiger partial charge in [0.1, 0.15) is 0 Å². The maximum absolute atomic E-state index is 12.9. The third-order valence-corrected chi connectivity index (χ3v) is 8.85. The molecule has 0 bridgehead atoms. The van der Waals surface area contributed by atoms with Gasteiger partial charge in [0.25, 0.3) is 0 Å². The van der Waals surface area contributed by atoms with Gasteiger partial charge in [0.05, 0.1) is 10.6 Å². The van der Waals surface area contributed by atoms with E-state index in [1.54, 1.807) is 39.9 Å². The lowest BCUT2D eigenvalue weighted by Gasteiger charge is -2.33. The van der Waals surface area contributed by atoms with Crippen LogP contribution in [0.4, 0.5) is 5.13 Å². The minimum atomic E-state index is -3.46. The van der Waals surface area contributed by atoms with Crippen molar-refractivity contribution in [2.45, 2.75) is 25.2 Å². The lowest BCUT2D eigenvalue weighted by Crippen LogP contribution is -2.48. The van der Waals surface area contributed by atoms with Crippen LogP contribution in [0.25, 0.3) is 0 Å². The van der Waals surface area contributed by atoms with E-state index in [1.165, 1.54) is 16.7 Å². The quantitative estimate of drug-likeness (QED) is 0.507. The summed E-state index contributed by atoms with van der Waals surface area (Å²) in [6, 6.07) is 13.3. The van der Waals surface area contributed by atoms with Crippen molar-refractivity contribution in [1.29, 1.82) is 0 Å². The molecule has 0 unspecified atom stereocenters. The second-order valence-electron chi connectivity index (χ2n) is 7.56. The van der Waals surface area contributed by atoms with Crippen LogP contribution in [0.5, 0.6) is 0 Å². The molecule has 30 heavy (non-hydrogen) atoms. The predicted molar refractivity (Wildman–Crippen MR) is 126 cm³/mol. The second-order valence-corrected chi connectivity index (χ2v) is 11.3. The molecule has 1 fully saturated rings. The fourth-order valence-corrected chi connectivity index (χ4v) is 6.09. The Morgan fingerprint density at radius 3 is 2.37 bits per heavy atom. The van der Waals surface area contributed by atoms with Crippen molar-refractivity contribution in [3.05, 3.63) is 74.7 Å². The number of hydrogen-bond acceptors (Lipinski definition) is 5. The topological polar surface area (TPSA) is 53.5 Å². The number of sulfonamides is 1. The van der Waals surface area contributed by atoms with Crippen LogP contribution < -0.4 is 4.90 Å². The van der Waals surface area contributed by atoms with Crippen LogP contribution in [-0.2, 0) is 16.4 Å². The largest absolute Gasteiger partial charge is 0.345 e. The van der Waals surface area contributed by atoms with Crippen molar-refractivity contribution in [1.82, 2.24) is 9.29 Å². The zero-order valence-electron chi connectivity index (χ0n) is 17.0. The monoisotopic (exact) mass is 505 g/mol. The number of aryl methyl sites for hydroxylation is 2. The number of halogens is 1. The Bertz CT molecular complexity index is 1140. The van der Waals surface area contributed by atoms with Crippen LogP contribution in [0.2, 0.25) is 0 Å². The maximum atomic E-state index is 12.9. The Morgan fingerprint density at radius 2 is 1.70 bits per heavy atom. The van der Waals surface area contributed by atoms with Gasteiger partial charge < -0.3 is 4.90 Å². The van der Waals surface area contributed by atoms with Crippen molar-refractivity contribution in [2.24, 2.45) is 0 Å². The first-order valence-corrected chi connectivity index (χ1v) is 13.0. The van der Waals surface area contributed by atoms with Gasteiger partial charge in [0, 0.05) is 42.5 Å². The third-order valence-electron chi connectivity index (χ3n) is 5.46. The molecule has 0 atom stereocenters. The molecule has 0 saturated carbocycles. The first kappa shape index (κ1) is 21.5. The number of thiazole rings is 1. The van der Waals surface area contributed by atoms with E-state index in [4.69, 9.17) is 4.98 Å². The van der Waals surface area contributed by atoms with E-state index in [1.807, 2.05) is 0 Å². The molecule has 2 aromatic carbocycles. The van der Waals surface area contributed by atoms with Gasteiger partial charge >= 0.3 is 0 Å². The molecular formula is C22H24BrN3O2S2. The fraction of sp³-hybridized carbons (Fsp3) is 0.318.